The van der Waals surface area contributed by atoms with E-state index in [1.165, 1.54) is 6.42 Å². The molecule has 2 unspecified atom stereocenters. The third kappa shape index (κ3) is 3.25. The summed E-state index contributed by atoms with van der Waals surface area (Å²) in [4.78, 5) is 0. The summed E-state index contributed by atoms with van der Waals surface area (Å²) < 4.78 is 5.19. The lowest BCUT2D eigenvalue weighted by Crippen LogP contribution is -2.51. The Morgan fingerprint density at radius 2 is 2.38 bits per heavy atom. The van der Waals surface area contributed by atoms with Crippen molar-refractivity contribution < 1.29 is 9.84 Å². The van der Waals surface area contributed by atoms with E-state index in [-0.39, 0.29) is 5.54 Å². The molecule has 0 aromatic rings. The zero-order valence-electron chi connectivity index (χ0n) is 8.68. The molecular weight excluding hydrogens is 166 g/mol. The maximum atomic E-state index is 8.87. The minimum atomic E-state index is 0.118. The van der Waals surface area contributed by atoms with Gasteiger partial charge in [0.25, 0.3) is 0 Å². The van der Waals surface area contributed by atoms with Crippen molar-refractivity contribution in [1.29, 1.82) is 0 Å². The first-order valence-electron chi connectivity index (χ1n) is 5.05. The number of piperidine rings is 1. The van der Waals surface area contributed by atoms with Gasteiger partial charge < -0.3 is 15.2 Å². The molecule has 2 N–H and O–H groups in total. The van der Waals surface area contributed by atoms with Crippen molar-refractivity contribution in [3.05, 3.63) is 0 Å². The molecule has 1 saturated heterocycles. The van der Waals surface area contributed by atoms with Gasteiger partial charge in [0.05, 0.1) is 6.61 Å². The van der Waals surface area contributed by atoms with Gasteiger partial charge in [0.15, 0.2) is 0 Å². The molecule has 1 fully saturated rings. The quantitative estimate of drug-likeness (QED) is 0.683. The predicted molar refractivity (Wildman–Crippen MR) is 52.7 cm³/mol. The van der Waals surface area contributed by atoms with E-state index in [1.54, 1.807) is 7.11 Å². The largest absolute Gasteiger partial charge is 0.396 e. The smallest absolute Gasteiger partial charge is 0.0641 e. The standard InChI is InChI=1S/C10H21NO2/c1-10(8-13-2)7-9(4-6-12)3-5-11-10/h9,11-12H,3-8H2,1-2H3. The lowest BCUT2D eigenvalue weighted by Gasteiger charge is -2.38. The third-order valence-electron chi connectivity index (χ3n) is 2.84. The third-order valence-corrected chi connectivity index (χ3v) is 2.84. The highest BCUT2D eigenvalue weighted by molar-refractivity contribution is 4.89. The summed E-state index contributed by atoms with van der Waals surface area (Å²) in [5.74, 6) is 0.659. The second-order valence-corrected chi connectivity index (χ2v) is 4.29. The summed E-state index contributed by atoms with van der Waals surface area (Å²) in [7, 11) is 1.74. The SMILES string of the molecule is COCC1(C)CC(CCO)CCN1. The van der Waals surface area contributed by atoms with Gasteiger partial charge in [0, 0.05) is 19.3 Å². The van der Waals surface area contributed by atoms with Crippen LogP contribution in [0.25, 0.3) is 0 Å². The molecule has 13 heavy (non-hydrogen) atoms. The molecule has 0 aliphatic carbocycles. The number of rotatable bonds is 4. The number of aliphatic hydroxyl groups excluding tert-OH is 1. The second-order valence-electron chi connectivity index (χ2n) is 4.29. The molecule has 3 heteroatoms. The summed E-state index contributed by atoms with van der Waals surface area (Å²) in [5.41, 5.74) is 0.118. The first-order valence-corrected chi connectivity index (χ1v) is 5.05. The zero-order valence-corrected chi connectivity index (χ0v) is 8.68. The van der Waals surface area contributed by atoms with Gasteiger partial charge >= 0.3 is 0 Å². The van der Waals surface area contributed by atoms with Crippen LogP contribution in [0.1, 0.15) is 26.2 Å². The lowest BCUT2D eigenvalue weighted by molar-refractivity contribution is 0.0766. The van der Waals surface area contributed by atoms with Crippen LogP contribution in [-0.4, -0.2) is 37.5 Å². The fourth-order valence-corrected chi connectivity index (χ4v) is 2.25. The molecule has 0 radical (unpaired) electrons. The number of hydrogen-bond acceptors (Lipinski definition) is 3. The van der Waals surface area contributed by atoms with Crippen LogP contribution < -0.4 is 5.32 Å². The van der Waals surface area contributed by atoms with Crippen molar-refractivity contribution in [1.82, 2.24) is 5.32 Å². The Kier molecular flexibility index (Phi) is 4.16. The van der Waals surface area contributed by atoms with E-state index in [0.717, 1.165) is 26.0 Å². The molecule has 0 saturated carbocycles. The van der Waals surface area contributed by atoms with Gasteiger partial charge in [-0.15, -0.1) is 0 Å². The molecule has 0 bridgehead atoms. The van der Waals surface area contributed by atoms with Gasteiger partial charge in [-0.25, -0.2) is 0 Å². The van der Waals surface area contributed by atoms with E-state index in [9.17, 15) is 0 Å². The second kappa shape index (κ2) is 4.94. The Balaban J connectivity index is 2.39. The minimum absolute atomic E-state index is 0.118. The van der Waals surface area contributed by atoms with E-state index in [2.05, 4.69) is 12.2 Å². The predicted octanol–water partition coefficient (Wildman–Crippen LogP) is 0.774. The molecule has 0 amide bonds. The highest BCUT2D eigenvalue weighted by atomic mass is 16.5. The summed E-state index contributed by atoms with van der Waals surface area (Å²) >= 11 is 0. The summed E-state index contributed by atoms with van der Waals surface area (Å²) in [6.45, 7) is 4.31. The lowest BCUT2D eigenvalue weighted by atomic mass is 9.82. The first-order chi connectivity index (χ1) is 6.20. The van der Waals surface area contributed by atoms with Gasteiger partial charge in [-0.3, -0.25) is 0 Å². The van der Waals surface area contributed by atoms with Crippen LogP contribution >= 0.6 is 0 Å². The van der Waals surface area contributed by atoms with Crippen LogP contribution in [0.15, 0.2) is 0 Å². The van der Waals surface area contributed by atoms with E-state index in [0.29, 0.717) is 12.5 Å². The van der Waals surface area contributed by atoms with Gasteiger partial charge in [0.1, 0.15) is 0 Å². The van der Waals surface area contributed by atoms with Crippen molar-refractivity contribution >= 4 is 0 Å². The number of methoxy groups -OCH3 is 1. The van der Waals surface area contributed by atoms with Gasteiger partial charge in [-0.1, -0.05) is 0 Å². The molecular formula is C10H21NO2. The summed E-state index contributed by atoms with van der Waals surface area (Å²) in [6, 6.07) is 0. The van der Waals surface area contributed by atoms with E-state index < -0.39 is 0 Å². The molecule has 1 heterocycles. The zero-order chi connectivity index (χ0) is 9.73. The molecule has 1 aliphatic heterocycles. The Morgan fingerprint density at radius 3 is 3.00 bits per heavy atom. The Bertz CT molecular complexity index is 146. The van der Waals surface area contributed by atoms with Crippen molar-refractivity contribution in [2.24, 2.45) is 5.92 Å². The van der Waals surface area contributed by atoms with Crippen LogP contribution in [0, 0.1) is 5.92 Å². The maximum Gasteiger partial charge on any atom is 0.0641 e. The molecule has 0 aromatic carbocycles. The molecule has 78 valence electrons. The summed E-state index contributed by atoms with van der Waals surface area (Å²) in [5, 5.41) is 12.3. The van der Waals surface area contributed by atoms with Crippen LogP contribution in [0.5, 0.6) is 0 Å². The number of nitrogens with one attached hydrogen (secondary N) is 1. The monoisotopic (exact) mass is 187 g/mol. The summed E-state index contributed by atoms with van der Waals surface area (Å²) in [6.07, 6.45) is 3.22. The molecule has 1 aliphatic rings. The first kappa shape index (κ1) is 11.0. The molecule has 0 spiro atoms. The molecule has 0 aromatic heterocycles. The molecule has 2 atom stereocenters. The van der Waals surface area contributed by atoms with Crippen molar-refractivity contribution in [3.8, 4) is 0 Å². The molecule has 3 nitrogen and oxygen atoms in total. The van der Waals surface area contributed by atoms with E-state index in [4.69, 9.17) is 9.84 Å². The van der Waals surface area contributed by atoms with E-state index in [1.807, 2.05) is 0 Å². The fraction of sp³-hybridized carbons (Fsp3) is 1.00. The van der Waals surface area contributed by atoms with Crippen molar-refractivity contribution in [3.63, 3.8) is 0 Å². The van der Waals surface area contributed by atoms with Gasteiger partial charge in [-0.05, 0) is 38.6 Å². The van der Waals surface area contributed by atoms with Crippen molar-refractivity contribution in [2.45, 2.75) is 31.7 Å². The van der Waals surface area contributed by atoms with Crippen LogP contribution in [0.4, 0.5) is 0 Å². The highest BCUT2D eigenvalue weighted by Crippen LogP contribution is 2.26. The number of aliphatic hydroxyl groups is 1. The Hall–Kier alpha value is -0.120. The average molecular weight is 187 g/mol. The Morgan fingerprint density at radius 1 is 1.62 bits per heavy atom. The highest BCUT2D eigenvalue weighted by Gasteiger charge is 2.31. The Labute approximate surface area is 80.5 Å². The molecule has 1 rings (SSSR count). The number of hydrogen-bond donors (Lipinski definition) is 2. The average Bonchev–Trinajstić information content (AvgIpc) is 2.04. The maximum absolute atomic E-state index is 8.87. The van der Waals surface area contributed by atoms with Gasteiger partial charge in [0.2, 0.25) is 0 Å². The van der Waals surface area contributed by atoms with Crippen LogP contribution in [0.2, 0.25) is 0 Å². The topological polar surface area (TPSA) is 41.5 Å². The van der Waals surface area contributed by atoms with Crippen LogP contribution in [-0.2, 0) is 4.74 Å². The fourth-order valence-electron chi connectivity index (χ4n) is 2.25. The van der Waals surface area contributed by atoms with Crippen LogP contribution in [0.3, 0.4) is 0 Å². The van der Waals surface area contributed by atoms with Crippen molar-refractivity contribution in [2.75, 3.05) is 26.9 Å². The minimum Gasteiger partial charge on any atom is -0.396 e. The number of ether oxygens (including phenoxy) is 1. The van der Waals surface area contributed by atoms with E-state index >= 15 is 0 Å². The van der Waals surface area contributed by atoms with Gasteiger partial charge in [-0.2, -0.15) is 0 Å². The normalized spacial score (nSPS) is 34.8.